The largest absolute Gasteiger partial charge is 0.497 e. The summed E-state index contributed by atoms with van der Waals surface area (Å²) in [5, 5.41) is 0. The van der Waals surface area contributed by atoms with Crippen molar-refractivity contribution in [2.24, 2.45) is 0 Å². The monoisotopic (exact) mass is 248 g/mol. The van der Waals surface area contributed by atoms with Gasteiger partial charge in [-0.25, -0.2) is 0 Å². The maximum absolute atomic E-state index is 11.3. The molecule has 0 aliphatic heterocycles. The molecule has 96 valence electrons. The fourth-order valence-corrected chi connectivity index (χ4v) is 1.36. The molecule has 0 radical (unpaired) electrons. The highest BCUT2D eigenvalue weighted by atomic mass is 16.5. The van der Waals surface area contributed by atoms with Gasteiger partial charge in [-0.15, -0.1) is 0 Å². The van der Waals surface area contributed by atoms with Gasteiger partial charge in [-0.3, -0.25) is 9.59 Å². The van der Waals surface area contributed by atoms with Crippen LogP contribution in [0.15, 0.2) is 36.4 Å². The number of allylic oxidation sites excluding steroid dienone is 2. The molecule has 0 aromatic heterocycles. The van der Waals surface area contributed by atoms with Crippen molar-refractivity contribution in [3.8, 4) is 5.75 Å². The van der Waals surface area contributed by atoms with Gasteiger partial charge >= 0.3 is 5.97 Å². The summed E-state index contributed by atoms with van der Waals surface area (Å²) in [4.78, 5) is 22.1. The number of esters is 1. The maximum atomic E-state index is 11.3. The summed E-state index contributed by atoms with van der Waals surface area (Å²) in [6, 6.07) is 7.57. The van der Waals surface area contributed by atoms with Crippen LogP contribution in [0.3, 0.4) is 0 Å². The van der Waals surface area contributed by atoms with Gasteiger partial charge in [0.2, 0.25) is 0 Å². The minimum absolute atomic E-state index is 0.213. The smallest absolute Gasteiger partial charge is 0.313 e. The quantitative estimate of drug-likeness (QED) is 0.438. The molecule has 0 aliphatic carbocycles. The molecule has 0 bridgehead atoms. The Hall–Kier alpha value is -2.10. The van der Waals surface area contributed by atoms with Crippen LogP contribution in [0.5, 0.6) is 5.75 Å². The van der Waals surface area contributed by atoms with Gasteiger partial charge in [-0.1, -0.05) is 18.2 Å². The van der Waals surface area contributed by atoms with Gasteiger partial charge in [0.25, 0.3) is 0 Å². The summed E-state index contributed by atoms with van der Waals surface area (Å²) in [5.41, 5.74) is 1.07. The zero-order valence-corrected chi connectivity index (χ0v) is 10.5. The molecule has 0 fully saturated rings. The average molecular weight is 248 g/mol. The molecule has 0 atom stereocenters. The summed E-state index contributed by atoms with van der Waals surface area (Å²) >= 11 is 0. The Balaban J connectivity index is 2.43. The first-order valence-electron chi connectivity index (χ1n) is 5.55. The van der Waals surface area contributed by atoms with Gasteiger partial charge in [-0.2, -0.15) is 0 Å². The van der Waals surface area contributed by atoms with Gasteiger partial charge in [0, 0.05) is 0 Å². The second kappa shape index (κ2) is 7.27. The number of rotatable bonds is 6. The molecule has 0 spiro atoms. The molecular formula is C14H16O4. The molecule has 1 rings (SSSR count). The van der Waals surface area contributed by atoms with E-state index in [1.165, 1.54) is 13.2 Å². The molecule has 0 saturated heterocycles. The van der Waals surface area contributed by atoms with Crippen molar-refractivity contribution in [2.45, 2.75) is 12.8 Å². The Labute approximate surface area is 106 Å². The molecule has 0 aliphatic rings. The lowest BCUT2D eigenvalue weighted by Gasteiger charge is -2.00. The lowest BCUT2D eigenvalue weighted by molar-refractivity contribution is -0.142. The highest BCUT2D eigenvalue weighted by molar-refractivity contribution is 6.01. The van der Waals surface area contributed by atoms with Gasteiger partial charge in [0.15, 0.2) is 5.78 Å². The third-order valence-corrected chi connectivity index (χ3v) is 2.36. The topological polar surface area (TPSA) is 52.6 Å². The first kappa shape index (κ1) is 14.0. The summed E-state index contributed by atoms with van der Waals surface area (Å²) in [7, 11) is 2.87. The van der Waals surface area contributed by atoms with E-state index in [1.54, 1.807) is 13.2 Å². The molecule has 4 nitrogen and oxygen atoms in total. The molecule has 0 saturated carbocycles. The number of carbonyl (C=O) groups is 2. The molecular weight excluding hydrogens is 232 g/mol. The SMILES string of the molecule is COC(=O)CC(=O)C=CCc1ccc(OC)cc1. The summed E-state index contributed by atoms with van der Waals surface area (Å²) in [6.07, 6.45) is 3.56. The van der Waals surface area contributed by atoms with E-state index in [0.717, 1.165) is 11.3 Å². The number of ether oxygens (including phenoxy) is 2. The Bertz CT molecular complexity index is 432. The minimum Gasteiger partial charge on any atom is -0.497 e. The van der Waals surface area contributed by atoms with Crippen molar-refractivity contribution < 1.29 is 19.1 Å². The van der Waals surface area contributed by atoms with Crippen LogP contribution in [0, 0.1) is 0 Å². The van der Waals surface area contributed by atoms with Crippen LogP contribution in [-0.4, -0.2) is 26.0 Å². The average Bonchev–Trinajstić information content (AvgIpc) is 2.39. The van der Waals surface area contributed by atoms with E-state index in [2.05, 4.69) is 4.74 Å². The molecule has 0 amide bonds. The first-order chi connectivity index (χ1) is 8.65. The molecule has 0 heterocycles. The van der Waals surface area contributed by atoms with E-state index in [-0.39, 0.29) is 12.2 Å². The first-order valence-corrected chi connectivity index (χ1v) is 5.55. The van der Waals surface area contributed by atoms with Crippen LogP contribution < -0.4 is 4.74 Å². The highest BCUT2D eigenvalue weighted by Crippen LogP contribution is 2.11. The Morgan fingerprint density at radius 1 is 1.17 bits per heavy atom. The van der Waals surface area contributed by atoms with Crippen molar-refractivity contribution in [3.05, 3.63) is 42.0 Å². The van der Waals surface area contributed by atoms with Crippen LogP contribution in [0.25, 0.3) is 0 Å². The van der Waals surface area contributed by atoms with E-state index in [9.17, 15) is 9.59 Å². The second-order valence-electron chi connectivity index (χ2n) is 3.67. The fraction of sp³-hybridized carbons (Fsp3) is 0.286. The summed E-state index contributed by atoms with van der Waals surface area (Å²) in [5.74, 6) is 0.0222. The number of methoxy groups -OCH3 is 2. The lowest BCUT2D eigenvalue weighted by atomic mass is 10.1. The molecule has 18 heavy (non-hydrogen) atoms. The van der Waals surface area contributed by atoms with E-state index < -0.39 is 5.97 Å². The Morgan fingerprint density at radius 2 is 1.83 bits per heavy atom. The van der Waals surface area contributed by atoms with E-state index in [1.807, 2.05) is 24.3 Å². The number of carbonyl (C=O) groups excluding carboxylic acids is 2. The number of hydrogen-bond acceptors (Lipinski definition) is 4. The molecule has 0 N–H and O–H groups in total. The number of ketones is 1. The van der Waals surface area contributed by atoms with Gasteiger partial charge in [0.1, 0.15) is 12.2 Å². The predicted molar refractivity (Wildman–Crippen MR) is 67.5 cm³/mol. The molecule has 1 aromatic rings. The lowest BCUT2D eigenvalue weighted by Crippen LogP contribution is -2.06. The minimum atomic E-state index is -0.519. The summed E-state index contributed by atoms with van der Waals surface area (Å²) < 4.78 is 9.45. The van der Waals surface area contributed by atoms with Gasteiger partial charge < -0.3 is 9.47 Å². The van der Waals surface area contributed by atoms with E-state index in [0.29, 0.717) is 6.42 Å². The van der Waals surface area contributed by atoms with Gasteiger partial charge in [-0.05, 0) is 30.2 Å². The number of benzene rings is 1. The second-order valence-corrected chi connectivity index (χ2v) is 3.67. The maximum Gasteiger partial charge on any atom is 0.313 e. The normalized spacial score (nSPS) is 10.3. The standard InChI is InChI=1S/C14H16O4/c1-17-13-8-6-11(7-9-13)4-3-5-12(15)10-14(16)18-2/h3,5-9H,4,10H2,1-2H3. The van der Waals surface area contributed by atoms with E-state index in [4.69, 9.17) is 4.74 Å². The van der Waals surface area contributed by atoms with E-state index >= 15 is 0 Å². The van der Waals surface area contributed by atoms with Crippen LogP contribution in [-0.2, 0) is 20.7 Å². The highest BCUT2D eigenvalue weighted by Gasteiger charge is 2.05. The van der Waals surface area contributed by atoms with Crippen molar-refractivity contribution in [2.75, 3.05) is 14.2 Å². The fourth-order valence-electron chi connectivity index (χ4n) is 1.36. The van der Waals surface area contributed by atoms with Crippen LogP contribution in [0.2, 0.25) is 0 Å². The van der Waals surface area contributed by atoms with Crippen LogP contribution in [0.4, 0.5) is 0 Å². The zero-order valence-electron chi connectivity index (χ0n) is 10.5. The van der Waals surface area contributed by atoms with Crippen LogP contribution >= 0.6 is 0 Å². The third-order valence-electron chi connectivity index (χ3n) is 2.36. The van der Waals surface area contributed by atoms with Crippen molar-refractivity contribution in [3.63, 3.8) is 0 Å². The Morgan fingerprint density at radius 3 is 2.39 bits per heavy atom. The third kappa shape index (κ3) is 4.82. The van der Waals surface area contributed by atoms with Crippen LogP contribution in [0.1, 0.15) is 12.0 Å². The zero-order chi connectivity index (χ0) is 13.4. The Kier molecular flexibility index (Phi) is 5.64. The van der Waals surface area contributed by atoms with Crippen molar-refractivity contribution in [1.82, 2.24) is 0 Å². The van der Waals surface area contributed by atoms with Crippen molar-refractivity contribution >= 4 is 11.8 Å². The molecule has 1 aromatic carbocycles. The molecule has 0 unspecified atom stereocenters. The summed E-state index contributed by atoms with van der Waals surface area (Å²) in [6.45, 7) is 0. The van der Waals surface area contributed by atoms with Gasteiger partial charge in [0.05, 0.1) is 14.2 Å². The molecule has 4 heteroatoms. The number of hydrogen-bond donors (Lipinski definition) is 0. The predicted octanol–water partition coefficient (Wildman–Crippen LogP) is 1.93. The van der Waals surface area contributed by atoms with Crippen molar-refractivity contribution in [1.29, 1.82) is 0 Å².